The average Bonchev–Trinajstić information content (AvgIpc) is 1.88. The van der Waals surface area contributed by atoms with E-state index in [0.29, 0.717) is 6.54 Å². The van der Waals surface area contributed by atoms with Gasteiger partial charge in [0, 0.05) is 13.7 Å². The van der Waals surface area contributed by atoms with Crippen molar-refractivity contribution in [1.82, 2.24) is 5.06 Å². The highest BCUT2D eigenvalue weighted by atomic mass is 16.5. The van der Waals surface area contributed by atoms with Gasteiger partial charge in [-0.3, -0.25) is 0 Å². The summed E-state index contributed by atoms with van der Waals surface area (Å²) in [5.74, 6) is 0. The molecule has 9 heavy (non-hydrogen) atoms. The van der Waals surface area contributed by atoms with Crippen molar-refractivity contribution in [2.24, 2.45) is 0 Å². The van der Waals surface area contributed by atoms with Crippen molar-refractivity contribution in [3.8, 4) is 0 Å². The summed E-state index contributed by atoms with van der Waals surface area (Å²) in [5.41, 5.74) is 0. The Hall–Kier alpha value is -0.120. The average molecular weight is 131 g/mol. The smallest absolute Gasteiger partial charge is 0.0721 e. The molecule has 1 heterocycles. The molecular formula is C6H13NO2. The number of hydrogen-bond donors (Lipinski definition) is 1. The summed E-state index contributed by atoms with van der Waals surface area (Å²) in [4.78, 5) is 0. The van der Waals surface area contributed by atoms with Crippen LogP contribution in [0.5, 0.6) is 0 Å². The molecule has 0 radical (unpaired) electrons. The number of hydrogen-bond acceptors (Lipinski definition) is 3. The van der Waals surface area contributed by atoms with E-state index in [0.717, 1.165) is 19.4 Å². The lowest BCUT2D eigenvalue weighted by Gasteiger charge is -2.26. The zero-order chi connectivity index (χ0) is 6.69. The second-order valence-corrected chi connectivity index (χ2v) is 2.41. The second-order valence-electron chi connectivity index (χ2n) is 2.41. The SMILES string of the molecule is COC1CCCN(O)C1. The van der Waals surface area contributed by atoms with Crippen molar-refractivity contribution in [2.75, 3.05) is 20.2 Å². The summed E-state index contributed by atoms with van der Waals surface area (Å²) in [5, 5.41) is 10.3. The number of hydroxylamine groups is 2. The van der Waals surface area contributed by atoms with Crippen molar-refractivity contribution in [3.63, 3.8) is 0 Å². The van der Waals surface area contributed by atoms with Crippen molar-refractivity contribution in [2.45, 2.75) is 18.9 Å². The Labute approximate surface area is 55.2 Å². The van der Waals surface area contributed by atoms with E-state index < -0.39 is 0 Å². The molecule has 54 valence electrons. The zero-order valence-electron chi connectivity index (χ0n) is 5.71. The van der Waals surface area contributed by atoms with Gasteiger partial charge in [0.15, 0.2) is 0 Å². The summed E-state index contributed by atoms with van der Waals surface area (Å²) in [6.07, 6.45) is 2.35. The molecular weight excluding hydrogens is 118 g/mol. The van der Waals surface area contributed by atoms with Crippen molar-refractivity contribution in [3.05, 3.63) is 0 Å². The lowest BCUT2D eigenvalue weighted by atomic mass is 10.1. The van der Waals surface area contributed by atoms with Gasteiger partial charge in [-0.15, -0.1) is 0 Å². The molecule has 0 amide bonds. The van der Waals surface area contributed by atoms with Crippen LogP contribution in [0.1, 0.15) is 12.8 Å². The number of rotatable bonds is 1. The monoisotopic (exact) mass is 131 g/mol. The minimum absolute atomic E-state index is 0.240. The normalized spacial score (nSPS) is 30.7. The molecule has 1 N–H and O–H groups in total. The lowest BCUT2D eigenvalue weighted by molar-refractivity contribution is -0.137. The van der Waals surface area contributed by atoms with Crippen LogP contribution >= 0.6 is 0 Å². The van der Waals surface area contributed by atoms with Crippen molar-refractivity contribution >= 4 is 0 Å². The topological polar surface area (TPSA) is 32.7 Å². The van der Waals surface area contributed by atoms with Crippen LogP contribution in [0.3, 0.4) is 0 Å². The third-order valence-electron chi connectivity index (χ3n) is 1.69. The first-order valence-corrected chi connectivity index (χ1v) is 3.29. The van der Waals surface area contributed by atoms with Gasteiger partial charge in [0.1, 0.15) is 0 Å². The Morgan fingerprint density at radius 3 is 2.89 bits per heavy atom. The molecule has 0 aromatic carbocycles. The van der Waals surface area contributed by atoms with Gasteiger partial charge >= 0.3 is 0 Å². The van der Waals surface area contributed by atoms with E-state index in [1.165, 1.54) is 5.06 Å². The molecule has 1 aliphatic heterocycles. The van der Waals surface area contributed by atoms with Crippen LogP contribution in [-0.2, 0) is 4.74 Å². The fourth-order valence-electron chi connectivity index (χ4n) is 1.11. The van der Waals surface area contributed by atoms with Crippen LogP contribution in [0.15, 0.2) is 0 Å². The number of methoxy groups -OCH3 is 1. The molecule has 1 unspecified atom stereocenters. The Balaban J connectivity index is 2.23. The van der Waals surface area contributed by atoms with Gasteiger partial charge in [-0.25, -0.2) is 0 Å². The minimum Gasteiger partial charge on any atom is -0.380 e. The van der Waals surface area contributed by atoms with Crippen LogP contribution < -0.4 is 0 Å². The van der Waals surface area contributed by atoms with E-state index in [-0.39, 0.29) is 6.10 Å². The van der Waals surface area contributed by atoms with Crippen LogP contribution in [0.2, 0.25) is 0 Å². The molecule has 1 atom stereocenters. The number of piperidine rings is 1. The first kappa shape index (κ1) is 6.99. The molecule has 1 saturated heterocycles. The molecule has 1 fully saturated rings. The molecule has 0 aromatic heterocycles. The van der Waals surface area contributed by atoms with E-state index in [1.54, 1.807) is 7.11 Å². The Kier molecular flexibility index (Phi) is 2.45. The van der Waals surface area contributed by atoms with E-state index in [9.17, 15) is 0 Å². The predicted octanol–water partition coefficient (Wildman–Crippen LogP) is 0.486. The first-order chi connectivity index (χ1) is 4.33. The van der Waals surface area contributed by atoms with Crippen LogP contribution in [-0.4, -0.2) is 36.6 Å². The van der Waals surface area contributed by atoms with Gasteiger partial charge < -0.3 is 9.94 Å². The molecule has 0 aliphatic carbocycles. The van der Waals surface area contributed by atoms with Gasteiger partial charge in [0.25, 0.3) is 0 Å². The summed E-state index contributed by atoms with van der Waals surface area (Å²) in [7, 11) is 1.68. The minimum atomic E-state index is 0.240. The standard InChI is InChI=1S/C6H13NO2/c1-9-6-3-2-4-7(8)5-6/h6,8H,2-5H2,1H3. The Morgan fingerprint density at radius 1 is 1.67 bits per heavy atom. The summed E-state index contributed by atoms with van der Waals surface area (Å²) in [6, 6.07) is 0. The second kappa shape index (κ2) is 3.15. The lowest BCUT2D eigenvalue weighted by Crippen LogP contribution is -2.36. The van der Waals surface area contributed by atoms with Crippen LogP contribution in [0.25, 0.3) is 0 Å². The number of nitrogens with zero attached hydrogens (tertiary/aromatic N) is 1. The van der Waals surface area contributed by atoms with Crippen molar-refractivity contribution in [1.29, 1.82) is 0 Å². The highest BCUT2D eigenvalue weighted by Crippen LogP contribution is 2.09. The number of ether oxygens (including phenoxy) is 1. The summed E-state index contributed by atoms with van der Waals surface area (Å²) < 4.78 is 5.06. The molecule has 3 heteroatoms. The fourth-order valence-corrected chi connectivity index (χ4v) is 1.11. The third-order valence-corrected chi connectivity index (χ3v) is 1.69. The van der Waals surface area contributed by atoms with E-state index in [2.05, 4.69) is 0 Å². The molecule has 1 aliphatic rings. The van der Waals surface area contributed by atoms with E-state index >= 15 is 0 Å². The van der Waals surface area contributed by atoms with Gasteiger partial charge in [-0.1, -0.05) is 0 Å². The fraction of sp³-hybridized carbons (Fsp3) is 1.00. The summed E-state index contributed by atoms with van der Waals surface area (Å²) >= 11 is 0. The molecule has 3 nitrogen and oxygen atoms in total. The van der Waals surface area contributed by atoms with E-state index in [4.69, 9.17) is 9.94 Å². The molecule has 0 bridgehead atoms. The third kappa shape index (κ3) is 1.93. The Morgan fingerprint density at radius 2 is 2.44 bits per heavy atom. The molecule has 0 saturated carbocycles. The Bertz CT molecular complexity index is 87.1. The predicted molar refractivity (Wildman–Crippen MR) is 33.4 cm³/mol. The molecule has 1 rings (SSSR count). The molecule has 0 aromatic rings. The maximum atomic E-state index is 8.96. The van der Waals surface area contributed by atoms with Gasteiger partial charge in [0.05, 0.1) is 12.6 Å². The zero-order valence-corrected chi connectivity index (χ0v) is 5.71. The van der Waals surface area contributed by atoms with Gasteiger partial charge in [0.2, 0.25) is 0 Å². The van der Waals surface area contributed by atoms with Gasteiger partial charge in [-0.2, -0.15) is 5.06 Å². The van der Waals surface area contributed by atoms with Gasteiger partial charge in [-0.05, 0) is 12.8 Å². The van der Waals surface area contributed by atoms with E-state index in [1.807, 2.05) is 0 Å². The molecule has 0 spiro atoms. The highest BCUT2D eigenvalue weighted by Gasteiger charge is 2.16. The van der Waals surface area contributed by atoms with Crippen LogP contribution in [0, 0.1) is 0 Å². The summed E-state index contributed by atoms with van der Waals surface area (Å²) in [6.45, 7) is 1.45. The highest BCUT2D eigenvalue weighted by molar-refractivity contribution is 4.66. The first-order valence-electron chi connectivity index (χ1n) is 3.29. The van der Waals surface area contributed by atoms with Crippen molar-refractivity contribution < 1.29 is 9.94 Å². The maximum absolute atomic E-state index is 8.96. The quantitative estimate of drug-likeness (QED) is 0.562. The van der Waals surface area contributed by atoms with Crippen LogP contribution in [0.4, 0.5) is 0 Å². The maximum Gasteiger partial charge on any atom is 0.0721 e. The largest absolute Gasteiger partial charge is 0.380 e.